The van der Waals surface area contributed by atoms with E-state index in [0.717, 1.165) is 10.0 Å². The molecule has 126 valence electrons. The van der Waals surface area contributed by atoms with Gasteiger partial charge in [-0.25, -0.2) is 8.42 Å². The van der Waals surface area contributed by atoms with Gasteiger partial charge in [0.1, 0.15) is 0 Å². The zero-order valence-electron chi connectivity index (χ0n) is 13.1. The second-order valence-electron chi connectivity index (χ2n) is 5.33. The fourth-order valence-electron chi connectivity index (χ4n) is 2.44. The van der Waals surface area contributed by atoms with E-state index in [1.165, 1.54) is 0 Å². The molecule has 0 spiro atoms. The van der Waals surface area contributed by atoms with Crippen molar-refractivity contribution in [2.45, 2.75) is 4.90 Å². The molecule has 0 bridgehead atoms. The molecule has 0 aliphatic carbocycles. The van der Waals surface area contributed by atoms with Gasteiger partial charge in [-0.3, -0.25) is 0 Å². The molecule has 25 heavy (non-hydrogen) atoms. The van der Waals surface area contributed by atoms with Crippen LogP contribution < -0.4 is 0 Å². The summed E-state index contributed by atoms with van der Waals surface area (Å²) in [6, 6.07) is 25.5. The molecular weight excluding hydrogens is 511 g/mol. The number of hydrogen-bond acceptors (Lipinski definition) is 2. The molecule has 0 heterocycles. The smallest absolute Gasteiger partial charge is 0.208 e. The number of hydrogen-bond donors (Lipinski definition) is 0. The standard InChI is InChI=1S/C20H14BrIO2S/c21-17-11-13-18(14-12-17)25(23,24)20(16-9-5-2-6-10-16)19(22)15-7-3-1-4-8-15/h1-14H/b20-19+. The van der Waals surface area contributed by atoms with E-state index in [4.69, 9.17) is 0 Å². The van der Waals surface area contributed by atoms with Crippen molar-refractivity contribution in [2.75, 3.05) is 0 Å². The van der Waals surface area contributed by atoms with Gasteiger partial charge in [-0.15, -0.1) is 0 Å². The average Bonchev–Trinajstić information content (AvgIpc) is 2.63. The molecule has 0 aliphatic heterocycles. The number of sulfone groups is 1. The first-order chi connectivity index (χ1) is 12.0. The molecule has 0 radical (unpaired) electrons. The van der Waals surface area contributed by atoms with Crippen LogP contribution >= 0.6 is 38.5 Å². The third-order valence-electron chi connectivity index (χ3n) is 3.66. The first-order valence-corrected chi connectivity index (χ1v) is 10.9. The predicted molar refractivity (Wildman–Crippen MR) is 115 cm³/mol. The monoisotopic (exact) mass is 524 g/mol. The maximum atomic E-state index is 13.4. The van der Waals surface area contributed by atoms with Gasteiger partial charge in [-0.2, -0.15) is 0 Å². The fraction of sp³-hybridized carbons (Fsp3) is 0. The zero-order valence-corrected chi connectivity index (χ0v) is 17.6. The van der Waals surface area contributed by atoms with Gasteiger partial charge in [0.15, 0.2) is 0 Å². The number of benzene rings is 3. The highest BCUT2D eigenvalue weighted by Crippen LogP contribution is 2.38. The summed E-state index contributed by atoms with van der Waals surface area (Å²) < 4.78 is 28.3. The lowest BCUT2D eigenvalue weighted by molar-refractivity contribution is 0.606. The van der Waals surface area contributed by atoms with Crippen molar-refractivity contribution in [3.05, 3.63) is 101 Å². The first kappa shape index (κ1) is 18.4. The lowest BCUT2D eigenvalue weighted by atomic mass is 10.1. The van der Waals surface area contributed by atoms with E-state index in [-0.39, 0.29) is 4.90 Å². The van der Waals surface area contributed by atoms with E-state index in [1.807, 2.05) is 60.7 Å². The second kappa shape index (κ2) is 7.85. The summed E-state index contributed by atoms with van der Waals surface area (Å²) in [6.07, 6.45) is 0. The van der Waals surface area contributed by atoms with Crippen LogP contribution in [0.4, 0.5) is 0 Å². The highest BCUT2D eigenvalue weighted by Gasteiger charge is 2.26. The molecule has 0 saturated carbocycles. The summed E-state index contributed by atoms with van der Waals surface area (Å²) in [6.45, 7) is 0. The molecular formula is C20H14BrIO2S. The maximum Gasteiger partial charge on any atom is 0.208 e. The van der Waals surface area contributed by atoms with Gasteiger partial charge in [0.05, 0.1) is 9.80 Å². The van der Waals surface area contributed by atoms with Crippen molar-refractivity contribution >= 4 is 56.8 Å². The lowest BCUT2D eigenvalue weighted by Crippen LogP contribution is -2.05. The highest BCUT2D eigenvalue weighted by atomic mass is 127. The van der Waals surface area contributed by atoms with E-state index in [1.54, 1.807) is 24.3 Å². The molecule has 0 fully saturated rings. The Hall–Kier alpha value is -1.44. The minimum absolute atomic E-state index is 0.277. The SMILES string of the molecule is O=S(=O)(/C(=C(/I)c1ccccc1)c1ccccc1)c1ccc(Br)cc1. The van der Waals surface area contributed by atoms with Crippen LogP contribution in [0.25, 0.3) is 8.48 Å². The second-order valence-corrected chi connectivity index (χ2v) is 9.21. The minimum atomic E-state index is -3.67. The summed E-state index contributed by atoms with van der Waals surface area (Å²) in [4.78, 5) is 0.599. The first-order valence-electron chi connectivity index (χ1n) is 7.51. The van der Waals surface area contributed by atoms with E-state index in [2.05, 4.69) is 38.5 Å². The van der Waals surface area contributed by atoms with Gasteiger partial charge >= 0.3 is 0 Å². The van der Waals surface area contributed by atoms with Crippen LogP contribution in [-0.2, 0) is 9.84 Å². The fourth-order valence-corrected chi connectivity index (χ4v) is 5.77. The van der Waals surface area contributed by atoms with Crippen molar-refractivity contribution in [2.24, 2.45) is 0 Å². The Labute approximate surface area is 169 Å². The summed E-state index contributed by atoms with van der Waals surface area (Å²) in [5.41, 5.74) is 1.56. The average molecular weight is 525 g/mol. The largest absolute Gasteiger partial charge is 0.218 e. The van der Waals surface area contributed by atoms with E-state index >= 15 is 0 Å². The molecule has 0 N–H and O–H groups in total. The molecule has 0 aromatic heterocycles. The van der Waals surface area contributed by atoms with E-state index < -0.39 is 9.84 Å². The van der Waals surface area contributed by atoms with Crippen LogP contribution in [0.1, 0.15) is 11.1 Å². The minimum Gasteiger partial charge on any atom is -0.218 e. The van der Waals surface area contributed by atoms with Crippen LogP contribution in [0.5, 0.6) is 0 Å². The Balaban J connectivity index is 2.27. The van der Waals surface area contributed by atoms with Gasteiger partial charge in [0.2, 0.25) is 9.84 Å². The molecule has 5 heteroatoms. The summed E-state index contributed by atoms with van der Waals surface area (Å²) in [5, 5.41) is 0. The number of halogens is 2. The molecule has 3 rings (SSSR count). The third-order valence-corrected chi connectivity index (χ3v) is 7.58. The van der Waals surface area contributed by atoms with Crippen LogP contribution in [0.2, 0.25) is 0 Å². The normalized spacial score (nSPS) is 12.6. The Morgan fingerprint density at radius 3 is 1.72 bits per heavy atom. The van der Waals surface area contributed by atoms with Crippen molar-refractivity contribution in [3.63, 3.8) is 0 Å². The lowest BCUT2D eigenvalue weighted by Gasteiger charge is -2.13. The van der Waals surface area contributed by atoms with Crippen LogP contribution in [0.3, 0.4) is 0 Å². The topological polar surface area (TPSA) is 34.1 Å². The highest BCUT2D eigenvalue weighted by molar-refractivity contribution is 14.1. The van der Waals surface area contributed by atoms with E-state index in [0.29, 0.717) is 14.0 Å². The molecule has 3 aromatic rings. The van der Waals surface area contributed by atoms with Crippen LogP contribution in [-0.4, -0.2) is 8.42 Å². The van der Waals surface area contributed by atoms with Gasteiger partial charge in [0.25, 0.3) is 0 Å². The zero-order chi connectivity index (χ0) is 17.9. The molecule has 2 nitrogen and oxygen atoms in total. The summed E-state index contributed by atoms with van der Waals surface area (Å²) >= 11 is 5.47. The van der Waals surface area contributed by atoms with Crippen molar-refractivity contribution in [1.29, 1.82) is 0 Å². The van der Waals surface area contributed by atoms with Gasteiger partial charge < -0.3 is 0 Å². The Kier molecular flexibility index (Phi) is 5.76. The third kappa shape index (κ3) is 4.04. The van der Waals surface area contributed by atoms with Crippen molar-refractivity contribution < 1.29 is 8.42 Å². The molecule has 0 unspecified atom stereocenters. The van der Waals surface area contributed by atoms with E-state index in [9.17, 15) is 8.42 Å². The van der Waals surface area contributed by atoms with Gasteiger partial charge in [-0.1, -0.05) is 76.6 Å². The quantitative estimate of drug-likeness (QED) is 0.301. The van der Waals surface area contributed by atoms with Gasteiger partial charge in [-0.05, 0) is 58.0 Å². The Morgan fingerprint density at radius 2 is 1.20 bits per heavy atom. The Bertz CT molecular complexity index is 997. The van der Waals surface area contributed by atoms with Crippen LogP contribution in [0, 0.1) is 0 Å². The molecule has 0 atom stereocenters. The summed E-state index contributed by atoms with van der Waals surface area (Å²) in [7, 11) is -3.67. The number of rotatable bonds is 4. The molecule has 0 amide bonds. The Morgan fingerprint density at radius 1 is 0.720 bits per heavy atom. The maximum absolute atomic E-state index is 13.4. The van der Waals surface area contributed by atoms with Crippen molar-refractivity contribution in [1.82, 2.24) is 0 Å². The van der Waals surface area contributed by atoms with Crippen LogP contribution in [0.15, 0.2) is 94.3 Å². The van der Waals surface area contributed by atoms with Crippen molar-refractivity contribution in [3.8, 4) is 0 Å². The molecule has 0 aliphatic rings. The molecule has 3 aromatic carbocycles. The predicted octanol–water partition coefficient (Wildman–Crippen LogP) is 6.18. The van der Waals surface area contributed by atoms with Gasteiger partial charge in [0, 0.05) is 8.05 Å². The summed E-state index contributed by atoms with van der Waals surface area (Å²) in [5.74, 6) is 0. The molecule has 0 saturated heterocycles.